The van der Waals surface area contributed by atoms with Crippen LogP contribution in [-0.4, -0.2) is 5.11 Å². The van der Waals surface area contributed by atoms with E-state index in [1.807, 2.05) is 19.9 Å². The molecule has 1 aromatic rings. The summed E-state index contributed by atoms with van der Waals surface area (Å²) in [6, 6.07) is 3.80. The fourth-order valence-electron chi connectivity index (χ4n) is 1.00. The number of alkyl halides is 1. The van der Waals surface area contributed by atoms with Gasteiger partial charge in [-0.1, -0.05) is 22.0 Å². The van der Waals surface area contributed by atoms with Crippen molar-refractivity contribution in [2.75, 3.05) is 0 Å². The lowest BCUT2D eigenvalue weighted by Crippen LogP contribution is -1.86. The number of rotatable bonds is 1. The van der Waals surface area contributed by atoms with Crippen LogP contribution in [0.25, 0.3) is 0 Å². The Balaban J connectivity index is 3.21. The van der Waals surface area contributed by atoms with Gasteiger partial charge in [0.1, 0.15) is 5.75 Å². The highest BCUT2D eigenvalue weighted by molar-refractivity contribution is 9.08. The normalized spacial score (nSPS) is 10.1. The predicted molar refractivity (Wildman–Crippen MR) is 50.2 cm³/mol. The number of hydrogen-bond acceptors (Lipinski definition) is 1. The average molecular weight is 215 g/mol. The highest BCUT2D eigenvalue weighted by Gasteiger charge is 2.00. The molecular formula is C9H11BrO. The van der Waals surface area contributed by atoms with Crippen LogP contribution < -0.4 is 0 Å². The van der Waals surface area contributed by atoms with Crippen LogP contribution in [0.3, 0.4) is 0 Å². The van der Waals surface area contributed by atoms with E-state index in [2.05, 4.69) is 15.9 Å². The second-order valence-corrected chi connectivity index (χ2v) is 3.26. The summed E-state index contributed by atoms with van der Waals surface area (Å²) in [5.74, 6) is 0.382. The summed E-state index contributed by atoms with van der Waals surface area (Å²) in [4.78, 5) is 0. The maximum Gasteiger partial charge on any atom is 0.118 e. The van der Waals surface area contributed by atoms with E-state index in [9.17, 15) is 5.11 Å². The molecule has 0 bridgehead atoms. The van der Waals surface area contributed by atoms with Crippen molar-refractivity contribution < 1.29 is 5.11 Å². The summed E-state index contributed by atoms with van der Waals surface area (Å²) < 4.78 is 0. The fraction of sp³-hybridized carbons (Fsp3) is 0.333. The van der Waals surface area contributed by atoms with Gasteiger partial charge in [-0.25, -0.2) is 0 Å². The van der Waals surface area contributed by atoms with Gasteiger partial charge in [-0.15, -0.1) is 0 Å². The Morgan fingerprint density at radius 1 is 1.27 bits per heavy atom. The largest absolute Gasteiger partial charge is 0.508 e. The van der Waals surface area contributed by atoms with Gasteiger partial charge in [-0.05, 0) is 36.6 Å². The molecule has 0 saturated heterocycles. The highest BCUT2D eigenvalue weighted by atomic mass is 79.9. The molecule has 0 heterocycles. The molecule has 0 aliphatic rings. The lowest BCUT2D eigenvalue weighted by Gasteiger charge is -2.05. The standard InChI is InChI=1S/C9H11BrO/c1-6-4-9(11)7(2)3-8(6)5-10/h3-4,11H,5H2,1-2H3. The Bertz CT molecular complexity index is 269. The summed E-state index contributed by atoms with van der Waals surface area (Å²) in [6.45, 7) is 3.90. The van der Waals surface area contributed by atoms with Crippen LogP contribution in [0, 0.1) is 13.8 Å². The van der Waals surface area contributed by atoms with Gasteiger partial charge in [0.05, 0.1) is 0 Å². The summed E-state index contributed by atoms with van der Waals surface area (Å²) in [6.07, 6.45) is 0. The van der Waals surface area contributed by atoms with Crippen LogP contribution in [0.15, 0.2) is 12.1 Å². The van der Waals surface area contributed by atoms with E-state index in [1.165, 1.54) is 5.56 Å². The maximum atomic E-state index is 9.30. The average Bonchev–Trinajstić information content (AvgIpc) is 1.97. The summed E-state index contributed by atoms with van der Waals surface area (Å²) in [7, 11) is 0. The van der Waals surface area contributed by atoms with Crippen LogP contribution in [0.4, 0.5) is 0 Å². The van der Waals surface area contributed by atoms with E-state index in [1.54, 1.807) is 6.07 Å². The Morgan fingerprint density at radius 3 is 2.45 bits per heavy atom. The van der Waals surface area contributed by atoms with Gasteiger partial charge in [0.25, 0.3) is 0 Å². The van der Waals surface area contributed by atoms with Crippen LogP contribution in [0.5, 0.6) is 5.75 Å². The topological polar surface area (TPSA) is 20.2 Å². The second kappa shape index (κ2) is 3.26. The molecule has 1 rings (SSSR count). The minimum atomic E-state index is 0.382. The zero-order valence-electron chi connectivity index (χ0n) is 6.69. The molecule has 2 heteroatoms. The van der Waals surface area contributed by atoms with Crippen molar-refractivity contribution in [3.05, 3.63) is 28.8 Å². The molecule has 0 amide bonds. The van der Waals surface area contributed by atoms with Gasteiger partial charge in [0.2, 0.25) is 0 Å². The molecule has 0 radical (unpaired) electrons. The number of aryl methyl sites for hydroxylation is 2. The molecule has 1 aromatic carbocycles. The zero-order chi connectivity index (χ0) is 8.43. The molecule has 0 aliphatic carbocycles. The van der Waals surface area contributed by atoms with Crippen molar-refractivity contribution in [1.29, 1.82) is 0 Å². The molecule has 1 N–H and O–H groups in total. The third-order valence-corrected chi connectivity index (χ3v) is 2.40. The number of aromatic hydroxyl groups is 1. The first-order valence-electron chi connectivity index (χ1n) is 3.50. The van der Waals surface area contributed by atoms with E-state index in [0.29, 0.717) is 5.75 Å². The lowest BCUT2D eigenvalue weighted by atomic mass is 10.1. The summed E-state index contributed by atoms with van der Waals surface area (Å²) in [5.41, 5.74) is 3.30. The van der Waals surface area contributed by atoms with Gasteiger partial charge in [0.15, 0.2) is 0 Å². The first kappa shape index (κ1) is 8.60. The molecule has 0 saturated carbocycles. The molecule has 0 aliphatic heterocycles. The molecular weight excluding hydrogens is 204 g/mol. The second-order valence-electron chi connectivity index (χ2n) is 2.70. The first-order chi connectivity index (χ1) is 5.15. The van der Waals surface area contributed by atoms with Gasteiger partial charge >= 0.3 is 0 Å². The van der Waals surface area contributed by atoms with Crippen molar-refractivity contribution in [3.63, 3.8) is 0 Å². The number of halogens is 1. The number of hydrogen-bond donors (Lipinski definition) is 1. The minimum absolute atomic E-state index is 0.382. The van der Waals surface area contributed by atoms with Gasteiger partial charge in [0, 0.05) is 5.33 Å². The molecule has 60 valence electrons. The minimum Gasteiger partial charge on any atom is -0.508 e. The summed E-state index contributed by atoms with van der Waals surface area (Å²) >= 11 is 3.39. The van der Waals surface area contributed by atoms with E-state index in [0.717, 1.165) is 16.5 Å². The molecule has 11 heavy (non-hydrogen) atoms. The van der Waals surface area contributed by atoms with E-state index < -0.39 is 0 Å². The molecule has 0 aromatic heterocycles. The Hall–Kier alpha value is -0.500. The van der Waals surface area contributed by atoms with Crippen molar-refractivity contribution in [2.24, 2.45) is 0 Å². The lowest BCUT2D eigenvalue weighted by molar-refractivity contribution is 0.470. The fourth-order valence-corrected chi connectivity index (χ4v) is 1.61. The Kier molecular flexibility index (Phi) is 2.55. The zero-order valence-corrected chi connectivity index (χ0v) is 8.27. The third kappa shape index (κ3) is 1.74. The molecule has 0 fully saturated rings. The van der Waals surface area contributed by atoms with Crippen molar-refractivity contribution in [2.45, 2.75) is 19.2 Å². The molecule has 1 nitrogen and oxygen atoms in total. The monoisotopic (exact) mass is 214 g/mol. The number of benzene rings is 1. The van der Waals surface area contributed by atoms with Crippen LogP contribution in [0.1, 0.15) is 16.7 Å². The molecule has 0 atom stereocenters. The van der Waals surface area contributed by atoms with E-state index in [-0.39, 0.29) is 0 Å². The summed E-state index contributed by atoms with van der Waals surface area (Å²) in [5, 5.41) is 10.2. The highest BCUT2D eigenvalue weighted by Crippen LogP contribution is 2.22. The predicted octanol–water partition coefficient (Wildman–Crippen LogP) is 2.90. The third-order valence-electron chi connectivity index (χ3n) is 1.80. The molecule has 0 unspecified atom stereocenters. The van der Waals surface area contributed by atoms with Crippen LogP contribution >= 0.6 is 15.9 Å². The van der Waals surface area contributed by atoms with Crippen molar-refractivity contribution >= 4 is 15.9 Å². The van der Waals surface area contributed by atoms with Crippen LogP contribution in [0.2, 0.25) is 0 Å². The van der Waals surface area contributed by atoms with E-state index in [4.69, 9.17) is 0 Å². The first-order valence-corrected chi connectivity index (χ1v) is 4.62. The number of phenols is 1. The Labute approximate surface area is 75.2 Å². The van der Waals surface area contributed by atoms with Gasteiger partial charge in [-0.3, -0.25) is 0 Å². The Morgan fingerprint density at radius 2 is 1.91 bits per heavy atom. The van der Waals surface area contributed by atoms with Crippen LogP contribution in [-0.2, 0) is 5.33 Å². The quantitative estimate of drug-likeness (QED) is 0.714. The smallest absolute Gasteiger partial charge is 0.118 e. The maximum absolute atomic E-state index is 9.30. The molecule has 0 spiro atoms. The van der Waals surface area contributed by atoms with Gasteiger partial charge in [-0.2, -0.15) is 0 Å². The van der Waals surface area contributed by atoms with Crippen molar-refractivity contribution in [3.8, 4) is 5.75 Å². The SMILES string of the molecule is Cc1cc(CBr)c(C)cc1O. The van der Waals surface area contributed by atoms with Crippen molar-refractivity contribution in [1.82, 2.24) is 0 Å². The number of phenolic OH excluding ortho intramolecular Hbond substituents is 1. The van der Waals surface area contributed by atoms with E-state index >= 15 is 0 Å². The van der Waals surface area contributed by atoms with Gasteiger partial charge < -0.3 is 5.11 Å².